The van der Waals surface area contributed by atoms with Crippen LogP contribution in [-0.4, -0.2) is 11.5 Å². The Bertz CT molecular complexity index is 1440. The number of fused-ring (bicyclic) bond motifs is 2. The topological polar surface area (TPSA) is 64.4 Å². The summed E-state index contributed by atoms with van der Waals surface area (Å²) < 4.78 is 6.08. The molecule has 0 unspecified atom stereocenters. The monoisotopic (exact) mass is 490 g/mol. The van der Waals surface area contributed by atoms with Crippen molar-refractivity contribution in [2.75, 3.05) is 11.9 Å². The number of anilines is 1. The number of nitrogens with zero attached hydrogens (tertiary/aromatic N) is 1. The molecule has 5 heteroatoms. The summed E-state index contributed by atoms with van der Waals surface area (Å²) in [5.41, 5.74) is 9.45. The number of para-hydroxylation sites is 3. The van der Waals surface area contributed by atoms with E-state index in [9.17, 15) is 10.1 Å². The molecule has 4 aromatic rings. The van der Waals surface area contributed by atoms with Gasteiger partial charge in [0.2, 0.25) is 0 Å². The zero-order chi connectivity index (χ0) is 25.6. The highest BCUT2D eigenvalue weighted by Gasteiger charge is 2.20. The number of nitrogens with one attached hydrogen (secondary N) is 1. The molecule has 37 heavy (non-hydrogen) atoms. The van der Waals surface area contributed by atoms with Gasteiger partial charge in [0.15, 0.2) is 5.75 Å². The number of aryl methyl sites for hydroxylation is 3. The Kier molecular flexibility index (Phi) is 7.31. The van der Waals surface area contributed by atoms with Gasteiger partial charge < -0.3 is 10.1 Å². The summed E-state index contributed by atoms with van der Waals surface area (Å²) in [5, 5.41) is 15.3. The smallest absolute Gasteiger partial charge is 0.310 e. The molecule has 0 bridgehead atoms. The third-order valence-electron chi connectivity index (χ3n) is 6.93. The van der Waals surface area contributed by atoms with Crippen molar-refractivity contribution in [3.05, 3.63) is 134 Å². The highest BCUT2D eigenvalue weighted by atomic mass is 16.6. The van der Waals surface area contributed by atoms with Crippen molar-refractivity contribution in [3.8, 4) is 5.75 Å². The summed E-state index contributed by atoms with van der Waals surface area (Å²) in [5.74, 6) is 0.276. The molecule has 0 saturated heterocycles. The van der Waals surface area contributed by atoms with Crippen LogP contribution in [0.25, 0.3) is 11.6 Å². The van der Waals surface area contributed by atoms with Gasteiger partial charge in [0, 0.05) is 18.3 Å². The van der Waals surface area contributed by atoms with Crippen LogP contribution in [-0.2, 0) is 25.8 Å². The van der Waals surface area contributed by atoms with Crippen molar-refractivity contribution >= 4 is 23.0 Å². The van der Waals surface area contributed by atoms with Gasteiger partial charge in [0.1, 0.15) is 6.61 Å². The van der Waals surface area contributed by atoms with Gasteiger partial charge in [-0.25, -0.2) is 0 Å². The van der Waals surface area contributed by atoms with Crippen LogP contribution < -0.4 is 10.1 Å². The van der Waals surface area contributed by atoms with Gasteiger partial charge in [-0.2, -0.15) is 0 Å². The van der Waals surface area contributed by atoms with Crippen molar-refractivity contribution in [2.24, 2.45) is 0 Å². The van der Waals surface area contributed by atoms with Gasteiger partial charge >= 0.3 is 5.69 Å². The largest absolute Gasteiger partial charge is 0.482 e. The first-order valence-corrected chi connectivity index (χ1v) is 12.7. The third kappa shape index (κ3) is 5.41. The lowest BCUT2D eigenvalue weighted by Crippen LogP contribution is -2.13. The lowest BCUT2D eigenvalue weighted by atomic mass is 9.90. The predicted molar refractivity (Wildman–Crippen MR) is 150 cm³/mol. The number of hydrogen-bond acceptors (Lipinski definition) is 4. The maximum Gasteiger partial charge on any atom is 0.310 e. The number of hydrogen-bond donors (Lipinski definition) is 1. The van der Waals surface area contributed by atoms with E-state index < -0.39 is 4.92 Å². The van der Waals surface area contributed by atoms with Crippen LogP contribution >= 0.6 is 0 Å². The second-order valence-corrected chi connectivity index (χ2v) is 9.20. The highest BCUT2D eigenvalue weighted by molar-refractivity contribution is 5.89. The van der Waals surface area contributed by atoms with E-state index in [-0.39, 0.29) is 18.0 Å². The summed E-state index contributed by atoms with van der Waals surface area (Å²) in [6.45, 7) is 3.11. The van der Waals surface area contributed by atoms with Crippen molar-refractivity contribution in [1.82, 2.24) is 0 Å². The molecule has 0 fully saturated rings. The third-order valence-corrected chi connectivity index (χ3v) is 6.93. The molecular formula is C32H30N2O3. The summed E-state index contributed by atoms with van der Waals surface area (Å²) in [6.07, 6.45) is 4.98. The van der Waals surface area contributed by atoms with Gasteiger partial charge in [-0.15, -0.1) is 0 Å². The molecule has 1 heterocycles. The quantitative estimate of drug-likeness (QED) is 0.205. The Labute approximate surface area is 217 Å². The summed E-state index contributed by atoms with van der Waals surface area (Å²) in [7, 11) is 0. The lowest BCUT2D eigenvalue weighted by molar-refractivity contribution is -0.385. The Hall–Kier alpha value is -4.38. The average Bonchev–Trinajstić information content (AvgIpc) is 2.92. The fourth-order valence-corrected chi connectivity index (χ4v) is 5.01. The van der Waals surface area contributed by atoms with E-state index in [1.165, 1.54) is 28.3 Å². The van der Waals surface area contributed by atoms with Gasteiger partial charge in [-0.3, -0.25) is 10.1 Å². The zero-order valence-electron chi connectivity index (χ0n) is 20.9. The van der Waals surface area contributed by atoms with Gasteiger partial charge in [-0.1, -0.05) is 85.8 Å². The predicted octanol–water partition coefficient (Wildman–Crippen LogP) is 7.49. The van der Waals surface area contributed by atoms with Crippen LogP contribution in [0.3, 0.4) is 0 Å². The van der Waals surface area contributed by atoms with E-state index >= 15 is 0 Å². The second-order valence-electron chi connectivity index (χ2n) is 9.20. The van der Waals surface area contributed by atoms with Crippen LogP contribution in [0.2, 0.25) is 0 Å². The molecule has 0 saturated carbocycles. The molecule has 0 atom stereocenters. The molecule has 1 N–H and O–H groups in total. The highest BCUT2D eigenvalue weighted by Crippen LogP contribution is 2.35. The molecule has 5 rings (SSSR count). The van der Waals surface area contributed by atoms with E-state index in [4.69, 9.17) is 4.74 Å². The van der Waals surface area contributed by atoms with E-state index in [1.54, 1.807) is 18.2 Å². The molecule has 0 aromatic heterocycles. The molecule has 0 spiro atoms. The number of nitro benzene ring substituents is 1. The summed E-state index contributed by atoms with van der Waals surface area (Å²) in [6, 6.07) is 29.9. The fourth-order valence-electron chi connectivity index (χ4n) is 5.01. The standard InChI is InChI=1S/C32H30N2O3/c1-2-24-12-9-15-28-27(22-37-31-17-7-6-16-30(31)34(35)36)20-26-14-8-13-25(32(26)33-21-29(24)28)19-18-23-10-4-3-5-11-23/h3-17,20,33H,2,18-19,21-22H2,1H3/b27-20-. The number of nitro groups is 1. The number of benzene rings is 4. The second kappa shape index (κ2) is 11.1. The molecule has 5 nitrogen and oxygen atoms in total. The molecule has 1 aliphatic rings. The van der Waals surface area contributed by atoms with Crippen LogP contribution in [0.5, 0.6) is 5.75 Å². The van der Waals surface area contributed by atoms with Gasteiger partial charge in [0.25, 0.3) is 0 Å². The first kappa shape index (κ1) is 24.3. The normalized spacial score (nSPS) is 13.7. The molecule has 0 amide bonds. The minimum absolute atomic E-state index is 0.0262. The fraction of sp³-hybridized carbons (Fsp3) is 0.188. The SMILES string of the molecule is CCc1cccc2c1CNc1c(cccc1CCc1ccccc1)/C=C\2COc1ccccc1[N+](=O)[O-]. The molecule has 1 aliphatic heterocycles. The van der Waals surface area contributed by atoms with Gasteiger partial charge in [0.05, 0.1) is 4.92 Å². The van der Waals surface area contributed by atoms with Crippen molar-refractivity contribution in [3.63, 3.8) is 0 Å². The lowest BCUT2D eigenvalue weighted by Gasteiger charge is -2.24. The maximum atomic E-state index is 11.5. The first-order chi connectivity index (χ1) is 18.1. The van der Waals surface area contributed by atoms with E-state index in [2.05, 4.69) is 79.0 Å². The Balaban J connectivity index is 1.53. The van der Waals surface area contributed by atoms with E-state index in [1.807, 2.05) is 6.07 Å². The maximum absolute atomic E-state index is 11.5. The molecule has 0 radical (unpaired) electrons. The molecule has 0 aliphatic carbocycles. The number of rotatable bonds is 8. The van der Waals surface area contributed by atoms with Crippen LogP contribution in [0.4, 0.5) is 11.4 Å². The molecular weight excluding hydrogens is 460 g/mol. The molecule has 186 valence electrons. The zero-order valence-corrected chi connectivity index (χ0v) is 20.9. The van der Waals surface area contributed by atoms with Crippen molar-refractivity contribution in [2.45, 2.75) is 32.7 Å². The van der Waals surface area contributed by atoms with Crippen molar-refractivity contribution < 1.29 is 9.66 Å². The van der Waals surface area contributed by atoms with E-state index in [0.717, 1.165) is 41.6 Å². The minimum atomic E-state index is -0.400. The average molecular weight is 491 g/mol. The van der Waals surface area contributed by atoms with Crippen LogP contribution in [0.15, 0.2) is 91.0 Å². The van der Waals surface area contributed by atoms with E-state index in [0.29, 0.717) is 6.54 Å². The van der Waals surface area contributed by atoms with Crippen LogP contribution in [0, 0.1) is 10.1 Å². The Morgan fingerprint density at radius 3 is 2.43 bits per heavy atom. The summed E-state index contributed by atoms with van der Waals surface area (Å²) in [4.78, 5) is 11.1. The Morgan fingerprint density at radius 1 is 0.865 bits per heavy atom. The van der Waals surface area contributed by atoms with Gasteiger partial charge in [-0.05, 0) is 70.4 Å². The Morgan fingerprint density at radius 2 is 1.62 bits per heavy atom. The minimum Gasteiger partial charge on any atom is -0.482 e. The van der Waals surface area contributed by atoms with Crippen LogP contribution in [0.1, 0.15) is 40.3 Å². The first-order valence-electron chi connectivity index (χ1n) is 12.7. The summed E-state index contributed by atoms with van der Waals surface area (Å²) >= 11 is 0. The van der Waals surface area contributed by atoms with Crippen molar-refractivity contribution in [1.29, 1.82) is 0 Å². The molecule has 4 aromatic carbocycles. The number of ether oxygens (including phenoxy) is 1.